The number of nitrogens with zero attached hydrogens (tertiary/aromatic N) is 3. The molecule has 1 aromatic rings. The normalized spacial score (nSPS) is 19.5. The molecule has 2 heterocycles. The van der Waals surface area contributed by atoms with Gasteiger partial charge in [-0.3, -0.25) is 10.1 Å². The molecular formula is C14H22N4O2. The monoisotopic (exact) mass is 278 g/mol. The second kappa shape index (κ2) is 6.54. The molecule has 2 rings (SSSR count). The Morgan fingerprint density at radius 1 is 1.45 bits per heavy atom. The van der Waals surface area contributed by atoms with Crippen molar-refractivity contribution in [1.82, 2.24) is 4.98 Å². The minimum atomic E-state index is -0.334. The lowest BCUT2D eigenvalue weighted by Gasteiger charge is -2.30. The Morgan fingerprint density at radius 2 is 2.25 bits per heavy atom. The summed E-state index contributed by atoms with van der Waals surface area (Å²) in [6.45, 7) is 2.98. The van der Waals surface area contributed by atoms with Crippen LogP contribution in [0.4, 0.5) is 17.3 Å². The van der Waals surface area contributed by atoms with E-state index in [0.29, 0.717) is 17.7 Å². The highest BCUT2D eigenvalue weighted by Gasteiger charge is 2.27. The van der Waals surface area contributed by atoms with Crippen molar-refractivity contribution in [3.8, 4) is 0 Å². The van der Waals surface area contributed by atoms with Crippen LogP contribution in [0.3, 0.4) is 0 Å². The predicted octanol–water partition coefficient (Wildman–Crippen LogP) is 3.19. The Morgan fingerprint density at radius 3 is 2.90 bits per heavy atom. The summed E-state index contributed by atoms with van der Waals surface area (Å²) in [5.41, 5.74) is 0.101. The molecule has 1 aromatic heterocycles. The number of aromatic nitrogens is 1. The molecule has 1 fully saturated rings. The van der Waals surface area contributed by atoms with E-state index >= 15 is 0 Å². The molecule has 0 aromatic carbocycles. The number of hydrogen-bond donors (Lipinski definition) is 1. The second-order valence-electron chi connectivity index (χ2n) is 5.15. The lowest BCUT2D eigenvalue weighted by atomic mass is 10.1. The van der Waals surface area contributed by atoms with E-state index in [1.54, 1.807) is 19.2 Å². The molecule has 1 atom stereocenters. The van der Waals surface area contributed by atoms with Crippen molar-refractivity contribution in [3.63, 3.8) is 0 Å². The third-order valence-corrected chi connectivity index (χ3v) is 3.93. The van der Waals surface area contributed by atoms with E-state index in [9.17, 15) is 10.1 Å². The van der Waals surface area contributed by atoms with Crippen molar-refractivity contribution in [2.45, 2.75) is 45.1 Å². The van der Waals surface area contributed by atoms with Gasteiger partial charge >= 0.3 is 5.69 Å². The molecule has 0 radical (unpaired) electrons. The van der Waals surface area contributed by atoms with Gasteiger partial charge in [0.2, 0.25) is 5.82 Å². The first kappa shape index (κ1) is 14.6. The smallest absolute Gasteiger partial charge is 0.311 e. The van der Waals surface area contributed by atoms with Crippen molar-refractivity contribution in [2.75, 3.05) is 23.8 Å². The molecule has 1 N–H and O–H groups in total. The minimum Gasteiger partial charge on any atom is -0.373 e. The van der Waals surface area contributed by atoms with Gasteiger partial charge in [0.25, 0.3) is 0 Å². The summed E-state index contributed by atoms with van der Waals surface area (Å²) in [4.78, 5) is 17.5. The highest BCUT2D eigenvalue weighted by molar-refractivity contribution is 5.62. The average molecular weight is 278 g/mol. The van der Waals surface area contributed by atoms with E-state index in [2.05, 4.69) is 22.1 Å². The summed E-state index contributed by atoms with van der Waals surface area (Å²) in [5, 5.41) is 14.2. The van der Waals surface area contributed by atoms with E-state index in [-0.39, 0.29) is 10.6 Å². The summed E-state index contributed by atoms with van der Waals surface area (Å²) in [7, 11) is 1.78. The van der Waals surface area contributed by atoms with Crippen molar-refractivity contribution >= 4 is 17.3 Å². The predicted molar refractivity (Wildman–Crippen MR) is 80.3 cm³/mol. The number of pyridine rings is 1. The molecule has 0 aliphatic carbocycles. The van der Waals surface area contributed by atoms with Crippen LogP contribution in [0.15, 0.2) is 12.1 Å². The summed E-state index contributed by atoms with van der Waals surface area (Å²) in [6.07, 6.45) is 5.52. The van der Waals surface area contributed by atoms with Crippen molar-refractivity contribution in [3.05, 3.63) is 22.2 Å². The van der Waals surface area contributed by atoms with Gasteiger partial charge in [-0.15, -0.1) is 0 Å². The molecule has 110 valence electrons. The van der Waals surface area contributed by atoms with Crippen LogP contribution in [0.25, 0.3) is 0 Å². The Labute approximate surface area is 119 Å². The summed E-state index contributed by atoms with van der Waals surface area (Å²) in [6, 6.07) is 3.54. The molecule has 1 aliphatic rings. The van der Waals surface area contributed by atoms with Gasteiger partial charge in [-0.2, -0.15) is 0 Å². The van der Waals surface area contributed by atoms with E-state index < -0.39 is 0 Å². The van der Waals surface area contributed by atoms with Crippen LogP contribution in [0.5, 0.6) is 0 Å². The third kappa shape index (κ3) is 3.00. The first-order valence-electron chi connectivity index (χ1n) is 7.27. The zero-order chi connectivity index (χ0) is 14.5. The molecular weight excluding hydrogens is 256 g/mol. The zero-order valence-electron chi connectivity index (χ0n) is 12.1. The van der Waals surface area contributed by atoms with Gasteiger partial charge < -0.3 is 10.2 Å². The molecule has 6 nitrogen and oxygen atoms in total. The van der Waals surface area contributed by atoms with Crippen LogP contribution in [-0.4, -0.2) is 29.5 Å². The van der Waals surface area contributed by atoms with E-state index in [4.69, 9.17) is 0 Å². The molecule has 6 heteroatoms. The lowest BCUT2D eigenvalue weighted by molar-refractivity contribution is -0.384. The van der Waals surface area contributed by atoms with Gasteiger partial charge in [0.05, 0.1) is 4.92 Å². The summed E-state index contributed by atoms with van der Waals surface area (Å²) < 4.78 is 0. The number of nitro groups is 1. The molecule has 0 amide bonds. The maximum absolute atomic E-state index is 11.3. The fourth-order valence-electron chi connectivity index (χ4n) is 2.81. The number of hydrogen-bond acceptors (Lipinski definition) is 5. The van der Waals surface area contributed by atoms with Crippen LogP contribution in [-0.2, 0) is 0 Å². The third-order valence-electron chi connectivity index (χ3n) is 3.93. The molecule has 0 spiro atoms. The quantitative estimate of drug-likeness (QED) is 0.676. The first-order chi connectivity index (χ1) is 9.67. The van der Waals surface area contributed by atoms with Gasteiger partial charge in [-0.05, 0) is 25.3 Å². The summed E-state index contributed by atoms with van der Waals surface area (Å²) in [5.74, 6) is 1.18. The minimum absolute atomic E-state index is 0.101. The maximum atomic E-state index is 11.3. The maximum Gasteiger partial charge on any atom is 0.311 e. The van der Waals surface area contributed by atoms with Gasteiger partial charge in [0, 0.05) is 25.7 Å². The molecule has 1 unspecified atom stereocenters. The van der Waals surface area contributed by atoms with Crippen molar-refractivity contribution in [2.24, 2.45) is 0 Å². The fraction of sp³-hybridized carbons (Fsp3) is 0.643. The SMILES string of the molecule is CCC1CCCCCN1c1nc(NC)ccc1[N+](=O)[O-]. The van der Waals surface area contributed by atoms with Crippen LogP contribution >= 0.6 is 0 Å². The molecule has 20 heavy (non-hydrogen) atoms. The fourth-order valence-corrected chi connectivity index (χ4v) is 2.81. The van der Waals surface area contributed by atoms with Gasteiger partial charge in [-0.25, -0.2) is 4.98 Å². The molecule has 1 saturated heterocycles. The van der Waals surface area contributed by atoms with Crippen LogP contribution in [0, 0.1) is 10.1 Å². The molecule has 0 bridgehead atoms. The number of nitrogens with one attached hydrogen (secondary N) is 1. The van der Waals surface area contributed by atoms with Crippen molar-refractivity contribution < 1.29 is 4.92 Å². The second-order valence-corrected chi connectivity index (χ2v) is 5.15. The van der Waals surface area contributed by atoms with Gasteiger partial charge in [0.15, 0.2) is 0 Å². The topological polar surface area (TPSA) is 71.3 Å². The number of anilines is 2. The van der Waals surface area contributed by atoms with E-state index in [1.165, 1.54) is 12.8 Å². The van der Waals surface area contributed by atoms with Gasteiger partial charge in [0.1, 0.15) is 5.82 Å². The Kier molecular flexibility index (Phi) is 4.76. The molecule has 0 saturated carbocycles. The van der Waals surface area contributed by atoms with Crippen molar-refractivity contribution in [1.29, 1.82) is 0 Å². The van der Waals surface area contributed by atoms with E-state index in [0.717, 1.165) is 25.8 Å². The first-order valence-corrected chi connectivity index (χ1v) is 7.27. The zero-order valence-corrected chi connectivity index (χ0v) is 12.1. The van der Waals surface area contributed by atoms with Crippen LogP contribution in [0.1, 0.15) is 39.0 Å². The Bertz CT molecular complexity index is 478. The summed E-state index contributed by atoms with van der Waals surface area (Å²) >= 11 is 0. The van der Waals surface area contributed by atoms with Gasteiger partial charge in [-0.1, -0.05) is 19.8 Å². The number of rotatable bonds is 4. The highest BCUT2D eigenvalue weighted by atomic mass is 16.6. The Balaban J connectivity index is 2.43. The lowest BCUT2D eigenvalue weighted by Crippen LogP contribution is -2.35. The Hall–Kier alpha value is -1.85. The largest absolute Gasteiger partial charge is 0.373 e. The van der Waals surface area contributed by atoms with Crippen LogP contribution in [0.2, 0.25) is 0 Å². The standard InChI is InChI=1S/C14H22N4O2/c1-3-11-7-5-4-6-10-17(11)14-12(18(19)20)8-9-13(15-2)16-14/h8-9,11H,3-7,10H2,1-2H3,(H,15,16). The highest BCUT2D eigenvalue weighted by Crippen LogP contribution is 2.32. The van der Waals surface area contributed by atoms with E-state index in [1.807, 2.05) is 0 Å². The average Bonchev–Trinajstić information content (AvgIpc) is 2.71. The molecule has 1 aliphatic heterocycles. The van der Waals surface area contributed by atoms with Crippen LogP contribution < -0.4 is 10.2 Å².